The van der Waals surface area contributed by atoms with Gasteiger partial charge in [0.1, 0.15) is 0 Å². The lowest BCUT2D eigenvalue weighted by Gasteiger charge is -2.43. The topological polar surface area (TPSA) is 41.3 Å². The minimum atomic E-state index is 0.239. The lowest BCUT2D eigenvalue weighted by Crippen LogP contribution is -2.59. The second kappa shape index (κ2) is 6.24. The van der Waals surface area contributed by atoms with E-state index in [1.54, 1.807) is 0 Å². The first-order chi connectivity index (χ1) is 7.67. The molecular formula is C13H25N3. The molecule has 0 aromatic rings. The summed E-state index contributed by atoms with van der Waals surface area (Å²) in [7, 11) is 4.33. The van der Waals surface area contributed by atoms with Crippen molar-refractivity contribution in [3.05, 3.63) is 0 Å². The molecule has 0 aromatic heterocycles. The SMILES string of the molecule is C#CCCCC(NN)C1(N(C)C)CCCC1. The summed E-state index contributed by atoms with van der Waals surface area (Å²) in [5, 5.41) is 0. The van der Waals surface area contributed by atoms with Crippen LogP contribution in [0.5, 0.6) is 0 Å². The Bertz CT molecular complexity index is 236. The number of nitrogens with two attached hydrogens (primary N) is 1. The Hall–Kier alpha value is -0.560. The molecule has 0 spiro atoms. The normalized spacial score (nSPS) is 20.9. The van der Waals surface area contributed by atoms with E-state index in [1.165, 1.54) is 25.7 Å². The van der Waals surface area contributed by atoms with Gasteiger partial charge in [-0.3, -0.25) is 11.3 Å². The van der Waals surface area contributed by atoms with E-state index in [4.69, 9.17) is 12.3 Å². The third-order valence-electron chi connectivity index (χ3n) is 4.02. The fourth-order valence-electron chi connectivity index (χ4n) is 3.01. The molecule has 1 atom stereocenters. The van der Waals surface area contributed by atoms with Crippen LogP contribution in [-0.4, -0.2) is 30.6 Å². The first-order valence-corrected chi connectivity index (χ1v) is 6.24. The van der Waals surface area contributed by atoms with Gasteiger partial charge in [-0.25, -0.2) is 0 Å². The number of nitrogens with zero attached hydrogens (tertiary/aromatic N) is 1. The number of terminal acetylenes is 1. The van der Waals surface area contributed by atoms with Crippen LogP contribution in [0.1, 0.15) is 44.9 Å². The molecule has 0 heterocycles. The minimum absolute atomic E-state index is 0.239. The van der Waals surface area contributed by atoms with Gasteiger partial charge < -0.3 is 4.90 Å². The van der Waals surface area contributed by atoms with Crippen LogP contribution >= 0.6 is 0 Å². The quantitative estimate of drug-likeness (QED) is 0.310. The lowest BCUT2D eigenvalue weighted by molar-refractivity contribution is 0.0991. The highest BCUT2D eigenvalue weighted by molar-refractivity contribution is 5.01. The van der Waals surface area contributed by atoms with Crippen molar-refractivity contribution in [2.75, 3.05) is 14.1 Å². The van der Waals surface area contributed by atoms with E-state index in [-0.39, 0.29) is 5.54 Å². The Morgan fingerprint density at radius 3 is 2.50 bits per heavy atom. The van der Waals surface area contributed by atoms with Gasteiger partial charge in [0.05, 0.1) is 0 Å². The summed E-state index contributed by atoms with van der Waals surface area (Å²) in [6.45, 7) is 0. The van der Waals surface area contributed by atoms with Gasteiger partial charge in [0.25, 0.3) is 0 Å². The molecule has 1 saturated carbocycles. The van der Waals surface area contributed by atoms with E-state index < -0.39 is 0 Å². The molecule has 0 amide bonds. The molecule has 1 fully saturated rings. The van der Waals surface area contributed by atoms with Crippen molar-refractivity contribution in [3.8, 4) is 12.3 Å². The van der Waals surface area contributed by atoms with Crippen molar-refractivity contribution in [3.63, 3.8) is 0 Å². The second-order valence-corrected chi connectivity index (χ2v) is 5.02. The highest BCUT2D eigenvalue weighted by Gasteiger charge is 2.42. The smallest absolute Gasteiger partial charge is 0.0394 e. The van der Waals surface area contributed by atoms with Crippen LogP contribution in [0.4, 0.5) is 0 Å². The molecule has 1 aliphatic carbocycles. The standard InChI is InChI=1S/C13H25N3/c1-4-5-6-9-12(15-14)13(16(2)3)10-7-8-11-13/h1,12,15H,5-11,14H2,2-3H3. The molecule has 1 rings (SSSR count). The van der Waals surface area contributed by atoms with Crippen LogP contribution in [0, 0.1) is 12.3 Å². The average molecular weight is 223 g/mol. The van der Waals surface area contributed by atoms with Crippen molar-refractivity contribution in [2.45, 2.75) is 56.5 Å². The Morgan fingerprint density at radius 1 is 1.44 bits per heavy atom. The first kappa shape index (κ1) is 13.5. The molecule has 0 radical (unpaired) electrons. The maximum absolute atomic E-state index is 5.73. The summed E-state index contributed by atoms with van der Waals surface area (Å²) in [6.07, 6.45) is 13.4. The number of likely N-dealkylation sites (N-methyl/N-ethyl adjacent to an activating group) is 1. The van der Waals surface area contributed by atoms with Crippen molar-refractivity contribution >= 4 is 0 Å². The van der Waals surface area contributed by atoms with Crippen molar-refractivity contribution in [1.29, 1.82) is 0 Å². The number of hydrogen-bond donors (Lipinski definition) is 2. The van der Waals surface area contributed by atoms with Gasteiger partial charge >= 0.3 is 0 Å². The summed E-state index contributed by atoms with van der Waals surface area (Å²) in [5.74, 6) is 8.43. The zero-order chi connectivity index (χ0) is 12.0. The Balaban J connectivity index is 2.63. The fraction of sp³-hybridized carbons (Fsp3) is 0.846. The van der Waals surface area contributed by atoms with E-state index in [9.17, 15) is 0 Å². The lowest BCUT2D eigenvalue weighted by atomic mass is 9.84. The molecule has 0 saturated heterocycles. The average Bonchev–Trinajstić information content (AvgIpc) is 2.74. The number of hydrazine groups is 1. The maximum atomic E-state index is 5.73. The van der Waals surface area contributed by atoms with Gasteiger partial charge in [-0.15, -0.1) is 12.3 Å². The van der Waals surface area contributed by atoms with Crippen LogP contribution in [0.15, 0.2) is 0 Å². The van der Waals surface area contributed by atoms with Crippen LogP contribution in [0.2, 0.25) is 0 Å². The van der Waals surface area contributed by atoms with Gasteiger partial charge in [-0.1, -0.05) is 12.8 Å². The second-order valence-electron chi connectivity index (χ2n) is 5.02. The Kier molecular flexibility index (Phi) is 5.27. The van der Waals surface area contributed by atoms with Crippen LogP contribution < -0.4 is 11.3 Å². The zero-order valence-electron chi connectivity index (χ0n) is 10.6. The van der Waals surface area contributed by atoms with Gasteiger partial charge in [-0.2, -0.15) is 0 Å². The Morgan fingerprint density at radius 2 is 2.06 bits per heavy atom. The summed E-state index contributed by atoms with van der Waals surface area (Å²) in [6, 6.07) is 0.360. The van der Waals surface area contributed by atoms with E-state index in [2.05, 4.69) is 30.3 Å². The summed E-state index contributed by atoms with van der Waals surface area (Å²) >= 11 is 0. The number of nitrogens with one attached hydrogen (secondary N) is 1. The summed E-state index contributed by atoms with van der Waals surface area (Å²) in [5.41, 5.74) is 3.25. The van der Waals surface area contributed by atoms with Crippen molar-refractivity contribution < 1.29 is 0 Å². The van der Waals surface area contributed by atoms with Gasteiger partial charge in [-0.05, 0) is 39.8 Å². The molecule has 0 aromatic carbocycles. The maximum Gasteiger partial charge on any atom is 0.0394 e. The summed E-state index contributed by atoms with van der Waals surface area (Å²) < 4.78 is 0. The minimum Gasteiger partial charge on any atom is -0.302 e. The highest BCUT2D eigenvalue weighted by atomic mass is 15.3. The largest absolute Gasteiger partial charge is 0.302 e. The van der Waals surface area contributed by atoms with Crippen molar-refractivity contribution in [2.24, 2.45) is 5.84 Å². The Labute approximate surface area is 99.7 Å². The van der Waals surface area contributed by atoms with Crippen LogP contribution in [0.25, 0.3) is 0 Å². The van der Waals surface area contributed by atoms with E-state index in [0.29, 0.717) is 6.04 Å². The number of rotatable bonds is 6. The van der Waals surface area contributed by atoms with Crippen LogP contribution in [-0.2, 0) is 0 Å². The van der Waals surface area contributed by atoms with Crippen molar-refractivity contribution in [1.82, 2.24) is 10.3 Å². The molecule has 16 heavy (non-hydrogen) atoms. The molecule has 3 N–H and O–H groups in total. The molecule has 92 valence electrons. The highest BCUT2D eigenvalue weighted by Crippen LogP contribution is 2.37. The predicted octanol–water partition coefficient (Wildman–Crippen LogP) is 1.50. The van der Waals surface area contributed by atoms with Crippen LogP contribution in [0.3, 0.4) is 0 Å². The van der Waals surface area contributed by atoms with E-state index in [0.717, 1.165) is 19.3 Å². The molecule has 0 aliphatic heterocycles. The fourth-order valence-corrected chi connectivity index (χ4v) is 3.01. The van der Waals surface area contributed by atoms with Gasteiger partial charge in [0.15, 0.2) is 0 Å². The van der Waals surface area contributed by atoms with Gasteiger partial charge in [0.2, 0.25) is 0 Å². The monoisotopic (exact) mass is 223 g/mol. The van der Waals surface area contributed by atoms with Gasteiger partial charge in [0, 0.05) is 18.0 Å². The molecule has 1 unspecified atom stereocenters. The molecule has 1 aliphatic rings. The van der Waals surface area contributed by atoms with E-state index >= 15 is 0 Å². The molecule has 3 heteroatoms. The number of hydrogen-bond acceptors (Lipinski definition) is 3. The molecule has 0 bridgehead atoms. The first-order valence-electron chi connectivity index (χ1n) is 6.24. The molecule has 3 nitrogen and oxygen atoms in total. The molecular weight excluding hydrogens is 198 g/mol. The zero-order valence-corrected chi connectivity index (χ0v) is 10.6. The third kappa shape index (κ3) is 2.76. The predicted molar refractivity (Wildman–Crippen MR) is 68.7 cm³/mol. The number of unbranched alkanes of at least 4 members (excludes halogenated alkanes) is 1. The summed E-state index contributed by atoms with van der Waals surface area (Å²) in [4.78, 5) is 2.35. The van der Waals surface area contributed by atoms with E-state index in [1.807, 2.05) is 0 Å². The third-order valence-corrected chi connectivity index (χ3v) is 4.02.